The Morgan fingerprint density at radius 1 is 1.06 bits per heavy atom. The minimum absolute atomic E-state index is 0.0657. The molecule has 1 heterocycles. The van der Waals surface area contributed by atoms with E-state index in [2.05, 4.69) is 42.2 Å². The smallest absolute Gasteiger partial charge is 0.337 e. The summed E-state index contributed by atoms with van der Waals surface area (Å²) in [7, 11) is -3.95. The summed E-state index contributed by atoms with van der Waals surface area (Å²) >= 11 is 6.48. The molecule has 2 N–H and O–H groups in total. The van der Waals surface area contributed by atoms with Crippen LogP contribution in [0.4, 0.5) is 5.69 Å². The first kappa shape index (κ1) is 25.0. The van der Waals surface area contributed by atoms with E-state index in [-0.39, 0.29) is 34.8 Å². The van der Waals surface area contributed by atoms with Gasteiger partial charge >= 0.3 is 5.97 Å². The zero-order valence-corrected chi connectivity index (χ0v) is 21.3. The lowest BCUT2D eigenvalue weighted by Gasteiger charge is -2.21. The van der Waals surface area contributed by atoms with Crippen LogP contribution >= 0.6 is 31.9 Å². The molecule has 0 radical (unpaired) electrons. The quantitative estimate of drug-likeness (QED) is 0.387. The predicted molar refractivity (Wildman–Crippen MR) is 131 cm³/mol. The van der Waals surface area contributed by atoms with Crippen LogP contribution < -0.4 is 5.32 Å². The second-order valence-electron chi connectivity index (χ2n) is 6.88. The van der Waals surface area contributed by atoms with E-state index in [0.717, 1.165) is 5.56 Å². The van der Waals surface area contributed by atoms with Crippen LogP contribution in [0.25, 0.3) is 0 Å². The molecular weight excluding hydrogens is 578 g/mol. The van der Waals surface area contributed by atoms with Crippen LogP contribution in [0.3, 0.4) is 0 Å². The minimum atomic E-state index is -3.95. The van der Waals surface area contributed by atoms with Crippen molar-refractivity contribution in [3.8, 4) is 0 Å². The molecule has 0 atom stereocenters. The van der Waals surface area contributed by atoms with Gasteiger partial charge in [-0.25, -0.2) is 13.2 Å². The molecular formula is C22H19Br2N3O5S. The van der Waals surface area contributed by atoms with E-state index in [0.29, 0.717) is 8.95 Å². The number of pyridine rings is 1. The van der Waals surface area contributed by atoms with E-state index in [1.807, 2.05) is 0 Å². The van der Waals surface area contributed by atoms with Gasteiger partial charge in [-0.2, -0.15) is 4.31 Å². The SMILES string of the molecule is CCN(Cc1ccncc1)S(=O)(=O)c1cc(C(=O)Nc2ccc(Br)cc2C(=O)O)ccc1Br. The normalized spacial score (nSPS) is 11.4. The van der Waals surface area contributed by atoms with E-state index in [1.54, 1.807) is 37.5 Å². The van der Waals surface area contributed by atoms with Gasteiger partial charge in [0, 0.05) is 40.0 Å². The molecule has 33 heavy (non-hydrogen) atoms. The molecule has 11 heteroatoms. The molecule has 3 rings (SSSR count). The predicted octanol–water partition coefficient (Wildman–Crippen LogP) is 4.77. The van der Waals surface area contributed by atoms with Crippen LogP contribution in [-0.4, -0.2) is 41.2 Å². The average Bonchev–Trinajstić information content (AvgIpc) is 2.79. The molecule has 3 aromatic rings. The molecule has 1 aromatic heterocycles. The fourth-order valence-corrected chi connectivity index (χ4v) is 5.79. The Bertz CT molecular complexity index is 1300. The fraction of sp³-hybridized carbons (Fsp3) is 0.136. The summed E-state index contributed by atoms with van der Waals surface area (Å²) in [5, 5.41) is 11.9. The summed E-state index contributed by atoms with van der Waals surface area (Å²) in [6.07, 6.45) is 3.17. The second kappa shape index (κ2) is 10.6. The number of nitrogens with zero attached hydrogens (tertiary/aromatic N) is 2. The first-order chi connectivity index (χ1) is 15.6. The zero-order valence-electron chi connectivity index (χ0n) is 17.3. The zero-order chi connectivity index (χ0) is 24.2. The van der Waals surface area contributed by atoms with Gasteiger partial charge in [-0.05, 0) is 70.0 Å². The Labute approximate surface area is 208 Å². The van der Waals surface area contributed by atoms with E-state index < -0.39 is 21.9 Å². The van der Waals surface area contributed by atoms with Gasteiger partial charge < -0.3 is 10.4 Å². The van der Waals surface area contributed by atoms with Crippen LogP contribution in [-0.2, 0) is 16.6 Å². The van der Waals surface area contributed by atoms with Gasteiger partial charge in [0.2, 0.25) is 10.0 Å². The van der Waals surface area contributed by atoms with E-state index in [9.17, 15) is 23.1 Å². The Hall–Kier alpha value is -2.60. The highest BCUT2D eigenvalue weighted by Crippen LogP contribution is 2.28. The Kier molecular flexibility index (Phi) is 8.01. The number of sulfonamides is 1. The molecule has 8 nitrogen and oxygen atoms in total. The highest BCUT2D eigenvalue weighted by molar-refractivity contribution is 9.10. The third kappa shape index (κ3) is 5.85. The van der Waals surface area contributed by atoms with Gasteiger partial charge in [-0.15, -0.1) is 0 Å². The lowest BCUT2D eigenvalue weighted by atomic mass is 10.1. The topological polar surface area (TPSA) is 117 Å². The molecule has 0 bridgehead atoms. The van der Waals surface area contributed by atoms with Crippen molar-refractivity contribution in [1.82, 2.24) is 9.29 Å². The number of hydrogen-bond acceptors (Lipinski definition) is 5. The summed E-state index contributed by atoms with van der Waals surface area (Å²) < 4.78 is 28.9. The van der Waals surface area contributed by atoms with Crippen molar-refractivity contribution in [3.63, 3.8) is 0 Å². The third-order valence-electron chi connectivity index (χ3n) is 4.73. The number of rotatable bonds is 8. The van der Waals surface area contributed by atoms with Crippen molar-refractivity contribution < 1.29 is 23.1 Å². The molecule has 0 aliphatic carbocycles. The van der Waals surface area contributed by atoms with Crippen LogP contribution in [0.15, 0.2) is 74.8 Å². The lowest BCUT2D eigenvalue weighted by Crippen LogP contribution is -2.31. The number of halogens is 2. The number of carboxylic acids is 1. The van der Waals surface area contributed by atoms with Crippen molar-refractivity contribution in [1.29, 1.82) is 0 Å². The molecule has 0 aliphatic rings. The standard InChI is InChI=1S/C22H19Br2N3O5S/c1-2-27(13-14-7-9-25-10-8-14)33(31,32)20-11-15(3-5-18(20)24)21(28)26-19-6-4-16(23)12-17(19)22(29)30/h3-12H,2,13H2,1H3,(H,26,28)(H,29,30). The number of aromatic nitrogens is 1. The van der Waals surface area contributed by atoms with Gasteiger partial charge in [-0.3, -0.25) is 9.78 Å². The van der Waals surface area contributed by atoms with Crippen molar-refractivity contribution in [2.24, 2.45) is 0 Å². The Balaban J connectivity index is 1.93. The van der Waals surface area contributed by atoms with Crippen molar-refractivity contribution >= 4 is 59.4 Å². The molecule has 1 amide bonds. The average molecular weight is 597 g/mol. The Morgan fingerprint density at radius 2 is 1.76 bits per heavy atom. The van der Waals surface area contributed by atoms with Gasteiger partial charge in [0.25, 0.3) is 5.91 Å². The maximum Gasteiger partial charge on any atom is 0.337 e. The van der Waals surface area contributed by atoms with Crippen molar-refractivity contribution in [2.45, 2.75) is 18.4 Å². The first-order valence-electron chi connectivity index (χ1n) is 9.66. The largest absolute Gasteiger partial charge is 0.478 e. The number of hydrogen-bond donors (Lipinski definition) is 2. The van der Waals surface area contributed by atoms with Crippen molar-refractivity contribution in [2.75, 3.05) is 11.9 Å². The van der Waals surface area contributed by atoms with E-state index in [1.165, 1.54) is 34.6 Å². The van der Waals surface area contributed by atoms with Crippen LogP contribution in [0.1, 0.15) is 33.2 Å². The van der Waals surface area contributed by atoms with Gasteiger partial charge in [0.05, 0.1) is 16.1 Å². The number of carbonyl (C=O) groups is 2. The number of carbonyl (C=O) groups excluding carboxylic acids is 1. The molecule has 0 fully saturated rings. The number of nitrogens with one attached hydrogen (secondary N) is 1. The first-order valence-corrected chi connectivity index (χ1v) is 12.7. The monoisotopic (exact) mass is 595 g/mol. The number of amides is 1. The fourth-order valence-electron chi connectivity index (χ4n) is 3.04. The highest BCUT2D eigenvalue weighted by atomic mass is 79.9. The highest BCUT2D eigenvalue weighted by Gasteiger charge is 2.27. The molecule has 0 unspecified atom stereocenters. The molecule has 0 spiro atoms. The minimum Gasteiger partial charge on any atom is -0.478 e. The van der Waals surface area contributed by atoms with E-state index >= 15 is 0 Å². The summed E-state index contributed by atoms with van der Waals surface area (Å²) in [5.74, 6) is -1.85. The maximum absolute atomic E-state index is 13.4. The summed E-state index contributed by atoms with van der Waals surface area (Å²) in [6.45, 7) is 2.09. The Morgan fingerprint density at radius 3 is 2.39 bits per heavy atom. The second-order valence-corrected chi connectivity index (χ2v) is 10.6. The summed E-state index contributed by atoms with van der Waals surface area (Å²) in [5.41, 5.74) is 0.834. The van der Waals surface area contributed by atoms with Crippen molar-refractivity contribution in [3.05, 3.63) is 86.6 Å². The molecule has 172 valence electrons. The maximum atomic E-state index is 13.4. The number of benzene rings is 2. The van der Waals surface area contributed by atoms with Crippen LogP contribution in [0, 0.1) is 0 Å². The van der Waals surface area contributed by atoms with Gasteiger partial charge in [-0.1, -0.05) is 22.9 Å². The number of anilines is 1. The van der Waals surface area contributed by atoms with Crippen LogP contribution in [0.5, 0.6) is 0 Å². The van der Waals surface area contributed by atoms with Gasteiger partial charge in [0.15, 0.2) is 0 Å². The van der Waals surface area contributed by atoms with Crippen LogP contribution in [0.2, 0.25) is 0 Å². The van der Waals surface area contributed by atoms with Gasteiger partial charge in [0.1, 0.15) is 0 Å². The molecule has 0 aliphatic heterocycles. The number of aromatic carboxylic acids is 1. The molecule has 2 aromatic carbocycles. The number of carboxylic acid groups (broad SMARTS) is 1. The molecule has 0 saturated carbocycles. The molecule has 0 saturated heterocycles. The lowest BCUT2D eigenvalue weighted by molar-refractivity contribution is 0.0698. The third-order valence-corrected chi connectivity index (χ3v) is 8.14. The summed E-state index contributed by atoms with van der Waals surface area (Å²) in [4.78, 5) is 28.2. The summed E-state index contributed by atoms with van der Waals surface area (Å²) in [6, 6.07) is 12.1. The van der Waals surface area contributed by atoms with E-state index in [4.69, 9.17) is 0 Å².